The Balaban J connectivity index is 1.55. The third-order valence-corrected chi connectivity index (χ3v) is 4.37. The SMILES string of the molecule is COC(=O)COc1ccc(NC(=O)CCc2ncc(-c3ccc(F)cc3F)o2)c(C)c1. The smallest absolute Gasteiger partial charge is 0.343 e. The van der Waals surface area contributed by atoms with Gasteiger partial charge in [-0.05, 0) is 42.8 Å². The number of halogens is 2. The van der Waals surface area contributed by atoms with Gasteiger partial charge in [-0.15, -0.1) is 0 Å². The van der Waals surface area contributed by atoms with Crippen LogP contribution in [0.3, 0.4) is 0 Å². The molecule has 2 aromatic carbocycles. The molecule has 0 bridgehead atoms. The van der Waals surface area contributed by atoms with Crippen LogP contribution in [-0.4, -0.2) is 30.6 Å². The number of carbonyl (C=O) groups is 2. The number of rotatable bonds is 8. The molecule has 1 amide bonds. The molecular weight excluding hydrogens is 410 g/mol. The van der Waals surface area contributed by atoms with Crippen molar-refractivity contribution in [1.29, 1.82) is 0 Å². The number of nitrogens with one attached hydrogen (secondary N) is 1. The van der Waals surface area contributed by atoms with Gasteiger partial charge in [0.15, 0.2) is 18.3 Å². The zero-order valence-electron chi connectivity index (χ0n) is 16.9. The second-order valence-corrected chi connectivity index (χ2v) is 6.63. The Hall–Kier alpha value is -3.75. The Kier molecular flexibility index (Phi) is 6.96. The van der Waals surface area contributed by atoms with Gasteiger partial charge >= 0.3 is 5.97 Å². The molecule has 1 heterocycles. The van der Waals surface area contributed by atoms with Gasteiger partial charge in [-0.2, -0.15) is 0 Å². The number of amides is 1. The average Bonchev–Trinajstić information content (AvgIpc) is 3.21. The van der Waals surface area contributed by atoms with Gasteiger partial charge in [0.05, 0.1) is 18.9 Å². The van der Waals surface area contributed by atoms with E-state index in [4.69, 9.17) is 9.15 Å². The standard InChI is InChI=1S/C22H20F2N2O5/c1-13-9-15(30-12-22(28)29-2)4-6-18(13)26-20(27)7-8-21-25-11-19(31-21)16-5-3-14(23)10-17(16)24/h3-6,9-11H,7-8,12H2,1-2H3,(H,26,27). The summed E-state index contributed by atoms with van der Waals surface area (Å²) in [5.41, 5.74) is 1.44. The molecule has 0 saturated carbocycles. The zero-order chi connectivity index (χ0) is 22.4. The Bertz CT molecular complexity index is 1100. The van der Waals surface area contributed by atoms with Gasteiger partial charge in [-0.1, -0.05) is 0 Å². The highest BCUT2D eigenvalue weighted by molar-refractivity contribution is 5.91. The second-order valence-electron chi connectivity index (χ2n) is 6.63. The molecule has 9 heteroatoms. The van der Waals surface area contributed by atoms with Crippen LogP contribution in [0.1, 0.15) is 17.9 Å². The van der Waals surface area contributed by atoms with E-state index in [2.05, 4.69) is 15.0 Å². The van der Waals surface area contributed by atoms with Crippen LogP contribution in [0.2, 0.25) is 0 Å². The molecule has 0 aliphatic heterocycles. The Labute approximate surface area is 177 Å². The van der Waals surface area contributed by atoms with Gasteiger partial charge in [-0.25, -0.2) is 18.6 Å². The fourth-order valence-electron chi connectivity index (χ4n) is 2.74. The van der Waals surface area contributed by atoms with Crippen molar-refractivity contribution in [3.63, 3.8) is 0 Å². The molecule has 1 N–H and O–H groups in total. The van der Waals surface area contributed by atoms with Gasteiger partial charge in [0.1, 0.15) is 17.4 Å². The number of oxazole rings is 1. The van der Waals surface area contributed by atoms with Crippen molar-refractivity contribution in [3.05, 3.63) is 65.7 Å². The lowest BCUT2D eigenvalue weighted by atomic mass is 10.2. The van der Waals surface area contributed by atoms with Crippen molar-refractivity contribution in [1.82, 2.24) is 4.98 Å². The van der Waals surface area contributed by atoms with Gasteiger partial charge in [0, 0.05) is 24.6 Å². The number of benzene rings is 2. The van der Waals surface area contributed by atoms with Crippen LogP contribution in [0.15, 0.2) is 47.0 Å². The first-order chi connectivity index (χ1) is 14.9. The summed E-state index contributed by atoms with van der Waals surface area (Å²) in [5, 5.41) is 2.78. The van der Waals surface area contributed by atoms with Crippen molar-refractivity contribution >= 4 is 17.6 Å². The van der Waals surface area contributed by atoms with E-state index in [-0.39, 0.29) is 42.6 Å². The van der Waals surface area contributed by atoms with Crippen LogP contribution in [-0.2, 0) is 20.7 Å². The second kappa shape index (κ2) is 9.84. The number of methoxy groups -OCH3 is 1. The monoisotopic (exact) mass is 430 g/mol. The lowest BCUT2D eigenvalue weighted by molar-refractivity contribution is -0.142. The van der Waals surface area contributed by atoms with Crippen LogP contribution in [0.4, 0.5) is 14.5 Å². The van der Waals surface area contributed by atoms with E-state index in [1.54, 1.807) is 25.1 Å². The van der Waals surface area contributed by atoms with E-state index in [1.165, 1.54) is 19.4 Å². The summed E-state index contributed by atoms with van der Waals surface area (Å²) < 4.78 is 42.2. The molecule has 0 aliphatic carbocycles. The first-order valence-electron chi connectivity index (χ1n) is 9.36. The predicted molar refractivity (Wildman–Crippen MR) is 107 cm³/mol. The molecule has 0 spiro atoms. The normalized spacial score (nSPS) is 10.6. The predicted octanol–water partition coefficient (Wildman–Crippen LogP) is 4.05. The highest BCUT2D eigenvalue weighted by atomic mass is 19.1. The van der Waals surface area contributed by atoms with Crippen molar-refractivity contribution in [2.45, 2.75) is 19.8 Å². The molecule has 0 saturated heterocycles. The van der Waals surface area contributed by atoms with Gasteiger partial charge in [0.2, 0.25) is 5.91 Å². The first kappa shape index (κ1) is 21.9. The largest absolute Gasteiger partial charge is 0.482 e. The van der Waals surface area contributed by atoms with Gasteiger partial charge in [0.25, 0.3) is 0 Å². The first-order valence-corrected chi connectivity index (χ1v) is 9.36. The van der Waals surface area contributed by atoms with Crippen LogP contribution in [0.25, 0.3) is 11.3 Å². The molecule has 7 nitrogen and oxygen atoms in total. The lowest BCUT2D eigenvalue weighted by Gasteiger charge is -2.10. The highest BCUT2D eigenvalue weighted by Crippen LogP contribution is 2.25. The van der Waals surface area contributed by atoms with Gasteiger partial charge < -0.3 is 19.2 Å². The minimum atomic E-state index is -0.755. The van der Waals surface area contributed by atoms with Crippen LogP contribution < -0.4 is 10.1 Å². The summed E-state index contributed by atoms with van der Waals surface area (Å²) in [7, 11) is 1.27. The van der Waals surface area contributed by atoms with Crippen LogP contribution in [0, 0.1) is 18.6 Å². The summed E-state index contributed by atoms with van der Waals surface area (Å²) in [6.07, 6.45) is 1.63. The number of ether oxygens (including phenoxy) is 2. The van der Waals surface area contributed by atoms with Crippen molar-refractivity contribution < 1.29 is 32.3 Å². The third kappa shape index (κ3) is 5.88. The molecule has 0 unspecified atom stereocenters. The van der Waals surface area contributed by atoms with Crippen molar-refractivity contribution in [2.75, 3.05) is 19.0 Å². The zero-order valence-corrected chi connectivity index (χ0v) is 16.9. The summed E-state index contributed by atoms with van der Waals surface area (Å²) in [6.45, 7) is 1.58. The summed E-state index contributed by atoms with van der Waals surface area (Å²) in [4.78, 5) is 27.4. The minimum absolute atomic E-state index is 0.0892. The number of carbonyl (C=O) groups excluding carboxylic acids is 2. The Morgan fingerprint density at radius 2 is 1.97 bits per heavy atom. The molecule has 0 radical (unpaired) electrons. The Morgan fingerprint density at radius 1 is 1.16 bits per heavy atom. The maximum absolute atomic E-state index is 13.9. The van der Waals surface area contributed by atoms with Crippen molar-refractivity contribution in [3.8, 4) is 17.1 Å². The summed E-state index contributed by atoms with van der Waals surface area (Å²) in [5.74, 6) is -1.30. The van der Waals surface area contributed by atoms with E-state index in [0.717, 1.165) is 17.7 Å². The molecular formula is C22H20F2N2O5. The fourth-order valence-corrected chi connectivity index (χ4v) is 2.74. The third-order valence-electron chi connectivity index (χ3n) is 4.37. The number of aromatic nitrogens is 1. The van der Waals surface area contributed by atoms with Crippen LogP contribution in [0.5, 0.6) is 5.75 Å². The van der Waals surface area contributed by atoms with Crippen LogP contribution >= 0.6 is 0 Å². The maximum atomic E-state index is 13.9. The molecule has 162 valence electrons. The number of nitrogens with zero attached hydrogens (tertiary/aromatic N) is 1. The molecule has 0 fully saturated rings. The molecule has 0 atom stereocenters. The van der Waals surface area contributed by atoms with Gasteiger partial charge in [-0.3, -0.25) is 4.79 Å². The fraction of sp³-hybridized carbons (Fsp3) is 0.227. The van der Waals surface area contributed by atoms with E-state index in [0.29, 0.717) is 11.4 Å². The molecule has 31 heavy (non-hydrogen) atoms. The average molecular weight is 430 g/mol. The quantitative estimate of drug-likeness (QED) is 0.542. The summed E-state index contributed by atoms with van der Waals surface area (Å²) in [6, 6.07) is 8.14. The number of hydrogen-bond acceptors (Lipinski definition) is 6. The van der Waals surface area contributed by atoms with E-state index in [9.17, 15) is 18.4 Å². The lowest BCUT2D eigenvalue weighted by Crippen LogP contribution is -2.14. The molecule has 1 aromatic heterocycles. The topological polar surface area (TPSA) is 90.7 Å². The summed E-state index contributed by atoms with van der Waals surface area (Å²) >= 11 is 0. The van der Waals surface area contributed by atoms with E-state index in [1.807, 2.05) is 0 Å². The molecule has 3 aromatic rings. The number of esters is 1. The Morgan fingerprint density at radius 3 is 2.68 bits per heavy atom. The molecule has 3 rings (SSSR count). The minimum Gasteiger partial charge on any atom is -0.482 e. The highest BCUT2D eigenvalue weighted by Gasteiger charge is 2.14. The number of hydrogen-bond donors (Lipinski definition) is 1. The molecule has 0 aliphatic rings. The number of anilines is 1. The van der Waals surface area contributed by atoms with E-state index >= 15 is 0 Å². The maximum Gasteiger partial charge on any atom is 0.343 e. The number of aryl methyl sites for hydroxylation is 2. The van der Waals surface area contributed by atoms with Crippen molar-refractivity contribution in [2.24, 2.45) is 0 Å². The van der Waals surface area contributed by atoms with E-state index < -0.39 is 17.6 Å².